The molecule has 1 heteroatoms. The van der Waals surface area contributed by atoms with Crippen molar-refractivity contribution < 1.29 is 0 Å². The molecule has 1 unspecified atom stereocenters. The van der Waals surface area contributed by atoms with Crippen molar-refractivity contribution in [2.24, 2.45) is 10.9 Å². The Balaban J connectivity index is 2.53. The fraction of sp³-hybridized carbons (Fsp3) is 0.667. The summed E-state index contributed by atoms with van der Waals surface area (Å²) in [7, 11) is 0. The van der Waals surface area contributed by atoms with Crippen LogP contribution in [0.5, 0.6) is 0 Å². The fourth-order valence-corrected chi connectivity index (χ4v) is 1.13. The van der Waals surface area contributed by atoms with E-state index < -0.39 is 0 Å². The molecule has 1 nitrogen and oxygen atoms in total. The second kappa shape index (κ2) is 3.55. The van der Waals surface area contributed by atoms with Gasteiger partial charge in [-0.15, -0.1) is 0 Å². The number of rotatable bonds is 2. The van der Waals surface area contributed by atoms with Crippen LogP contribution in [0.1, 0.15) is 33.1 Å². The highest BCUT2D eigenvalue weighted by Crippen LogP contribution is 2.12. The van der Waals surface area contributed by atoms with Crippen LogP contribution in [0.3, 0.4) is 0 Å². The summed E-state index contributed by atoms with van der Waals surface area (Å²) < 4.78 is 0. The summed E-state index contributed by atoms with van der Waals surface area (Å²) in [5, 5.41) is 0. The molecular weight excluding hydrogens is 122 g/mol. The molecule has 0 bridgehead atoms. The molecule has 0 fully saturated rings. The first-order chi connectivity index (χ1) is 4.84. The van der Waals surface area contributed by atoms with E-state index in [2.05, 4.69) is 24.9 Å². The van der Waals surface area contributed by atoms with Crippen LogP contribution in [0.25, 0.3) is 0 Å². The highest BCUT2D eigenvalue weighted by Gasteiger charge is 2.07. The van der Waals surface area contributed by atoms with Gasteiger partial charge < -0.3 is 0 Å². The minimum absolute atomic E-state index is 0.685. The molecule has 0 aliphatic carbocycles. The monoisotopic (exact) mass is 137 g/mol. The normalized spacial score (nSPS) is 20.4. The summed E-state index contributed by atoms with van der Waals surface area (Å²) in [5.74, 6) is 0.685. The van der Waals surface area contributed by atoms with Crippen LogP contribution in [0.4, 0.5) is 0 Å². The van der Waals surface area contributed by atoms with Crippen molar-refractivity contribution >= 4 is 5.71 Å². The van der Waals surface area contributed by atoms with Crippen molar-refractivity contribution in [3.05, 3.63) is 12.3 Å². The molecule has 0 radical (unpaired) electrons. The molecule has 0 aromatic rings. The summed E-state index contributed by atoms with van der Waals surface area (Å²) in [6.07, 6.45) is 7.64. The van der Waals surface area contributed by atoms with Crippen molar-refractivity contribution in [1.29, 1.82) is 0 Å². The lowest BCUT2D eigenvalue weighted by atomic mass is 9.98. The Labute approximate surface area is 62.9 Å². The molecule has 0 saturated carbocycles. The first kappa shape index (κ1) is 7.52. The van der Waals surface area contributed by atoms with Gasteiger partial charge in [-0.25, -0.2) is 0 Å². The van der Waals surface area contributed by atoms with Gasteiger partial charge in [0.2, 0.25) is 0 Å². The van der Waals surface area contributed by atoms with Gasteiger partial charge in [0.1, 0.15) is 0 Å². The number of nitrogens with zero attached hydrogens (tertiary/aromatic N) is 1. The Morgan fingerprint density at radius 3 is 3.00 bits per heavy atom. The van der Waals surface area contributed by atoms with Gasteiger partial charge >= 0.3 is 0 Å². The third-order valence-electron chi connectivity index (χ3n) is 2.09. The van der Waals surface area contributed by atoms with E-state index in [1.165, 1.54) is 25.0 Å². The quantitative estimate of drug-likeness (QED) is 0.555. The van der Waals surface area contributed by atoms with Crippen molar-refractivity contribution in [2.45, 2.75) is 33.1 Å². The number of hydrogen-bond donors (Lipinski definition) is 0. The number of allylic oxidation sites excluding steroid dienone is 1. The fourth-order valence-electron chi connectivity index (χ4n) is 1.13. The minimum Gasteiger partial charge on any atom is -0.266 e. The van der Waals surface area contributed by atoms with E-state index in [4.69, 9.17) is 0 Å². The molecule has 1 atom stereocenters. The zero-order chi connectivity index (χ0) is 7.40. The van der Waals surface area contributed by atoms with Crippen molar-refractivity contribution in [3.63, 3.8) is 0 Å². The van der Waals surface area contributed by atoms with Gasteiger partial charge in [-0.2, -0.15) is 0 Å². The van der Waals surface area contributed by atoms with E-state index in [-0.39, 0.29) is 0 Å². The minimum atomic E-state index is 0.685. The molecular formula is C9H15N. The van der Waals surface area contributed by atoms with E-state index in [1.54, 1.807) is 0 Å². The molecule has 1 rings (SSSR count). The highest BCUT2D eigenvalue weighted by molar-refractivity contribution is 5.87. The lowest BCUT2D eigenvalue weighted by molar-refractivity contribution is 0.717. The first-order valence-electron chi connectivity index (χ1n) is 4.06. The zero-order valence-corrected chi connectivity index (χ0v) is 6.80. The molecule has 0 aromatic heterocycles. The van der Waals surface area contributed by atoms with E-state index in [1.807, 2.05) is 6.20 Å². The largest absolute Gasteiger partial charge is 0.266 e. The molecule has 10 heavy (non-hydrogen) atoms. The standard InChI is InChI=1S/C9H15N/c1-3-8(2)9-6-4-5-7-10-9/h5,7-8H,3-4,6H2,1-2H3. The van der Waals surface area contributed by atoms with Crippen LogP contribution in [0.15, 0.2) is 17.3 Å². The maximum Gasteiger partial charge on any atom is 0.0227 e. The molecule has 0 N–H and O–H groups in total. The Hall–Kier alpha value is -0.590. The van der Waals surface area contributed by atoms with Gasteiger partial charge in [0, 0.05) is 11.9 Å². The average Bonchev–Trinajstić information content (AvgIpc) is 2.05. The molecule has 56 valence electrons. The third kappa shape index (κ3) is 1.69. The topological polar surface area (TPSA) is 12.4 Å². The molecule has 0 aromatic carbocycles. The Morgan fingerprint density at radius 2 is 2.50 bits per heavy atom. The van der Waals surface area contributed by atoms with E-state index in [0.29, 0.717) is 5.92 Å². The van der Waals surface area contributed by atoms with Crippen LogP contribution >= 0.6 is 0 Å². The van der Waals surface area contributed by atoms with Gasteiger partial charge in [0.15, 0.2) is 0 Å². The van der Waals surface area contributed by atoms with Crippen LogP contribution < -0.4 is 0 Å². The van der Waals surface area contributed by atoms with Crippen molar-refractivity contribution in [2.75, 3.05) is 0 Å². The van der Waals surface area contributed by atoms with Crippen molar-refractivity contribution in [1.82, 2.24) is 0 Å². The van der Waals surface area contributed by atoms with Crippen molar-refractivity contribution in [3.8, 4) is 0 Å². The number of hydrogen-bond acceptors (Lipinski definition) is 1. The molecule has 1 heterocycles. The second-order valence-corrected chi connectivity index (χ2v) is 2.85. The Morgan fingerprint density at radius 1 is 1.70 bits per heavy atom. The van der Waals surface area contributed by atoms with Crippen LogP contribution in [0, 0.1) is 5.92 Å². The smallest absolute Gasteiger partial charge is 0.0227 e. The Kier molecular flexibility index (Phi) is 2.67. The predicted octanol–water partition coefficient (Wildman–Crippen LogP) is 2.78. The highest BCUT2D eigenvalue weighted by atomic mass is 14.7. The lowest BCUT2D eigenvalue weighted by Gasteiger charge is -2.12. The van der Waals surface area contributed by atoms with Gasteiger partial charge in [0.05, 0.1) is 0 Å². The second-order valence-electron chi connectivity index (χ2n) is 2.85. The summed E-state index contributed by atoms with van der Waals surface area (Å²) in [6.45, 7) is 4.46. The van der Waals surface area contributed by atoms with Gasteiger partial charge in [-0.05, 0) is 25.2 Å². The third-order valence-corrected chi connectivity index (χ3v) is 2.09. The molecule has 0 spiro atoms. The summed E-state index contributed by atoms with van der Waals surface area (Å²) in [4.78, 5) is 4.34. The molecule has 0 amide bonds. The van der Waals surface area contributed by atoms with Gasteiger partial charge in [0.25, 0.3) is 0 Å². The first-order valence-corrected chi connectivity index (χ1v) is 4.06. The maximum absolute atomic E-state index is 4.34. The van der Waals surface area contributed by atoms with Crippen LogP contribution in [-0.4, -0.2) is 5.71 Å². The van der Waals surface area contributed by atoms with Gasteiger partial charge in [-0.3, -0.25) is 4.99 Å². The lowest BCUT2D eigenvalue weighted by Crippen LogP contribution is -2.10. The van der Waals surface area contributed by atoms with Crippen LogP contribution in [0.2, 0.25) is 0 Å². The molecule has 1 aliphatic heterocycles. The Bertz CT molecular complexity index is 156. The SMILES string of the molecule is CCC(C)C1=NC=CCC1. The van der Waals surface area contributed by atoms with E-state index in [0.717, 1.165) is 0 Å². The van der Waals surface area contributed by atoms with E-state index >= 15 is 0 Å². The van der Waals surface area contributed by atoms with E-state index in [9.17, 15) is 0 Å². The molecule has 1 aliphatic rings. The zero-order valence-electron chi connectivity index (χ0n) is 6.80. The maximum atomic E-state index is 4.34. The average molecular weight is 137 g/mol. The number of aliphatic imine (C=N–C) groups is 1. The predicted molar refractivity (Wildman–Crippen MR) is 45.3 cm³/mol. The molecule has 0 saturated heterocycles. The van der Waals surface area contributed by atoms with Crippen LogP contribution in [-0.2, 0) is 0 Å². The van der Waals surface area contributed by atoms with Gasteiger partial charge in [-0.1, -0.05) is 19.9 Å². The summed E-state index contributed by atoms with van der Waals surface area (Å²) in [5.41, 5.74) is 1.38. The summed E-state index contributed by atoms with van der Waals surface area (Å²) in [6, 6.07) is 0. The summed E-state index contributed by atoms with van der Waals surface area (Å²) >= 11 is 0.